The molecule has 0 aromatic rings. The Morgan fingerprint density at radius 3 is 2.00 bits per heavy atom. The number of carboxylic acids is 1. The maximum Gasteiger partial charge on any atom is 0.311 e. The Kier molecular flexibility index (Phi) is 3.23. The van der Waals surface area contributed by atoms with Gasteiger partial charge in [-0.25, -0.2) is 0 Å². The molecule has 1 N–H and O–H groups in total. The predicted octanol–water partition coefficient (Wildman–Crippen LogP) is -0.882. The Hall–Kier alpha value is -1.39. The summed E-state index contributed by atoms with van der Waals surface area (Å²) in [5.74, 6) is -2.97. The van der Waals surface area contributed by atoms with E-state index in [-0.39, 0.29) is 0 Å². The first-order valence-corrected chi connectivity index (χ1v) is 2.91. The van der Waals surface area contributed by atoms with Gasteiger partial charge >= 0.3 is 5.97 Å². The van der Waals surface area contributed by atoms with Gasteiger partial charge in [-0.3, -0.25) is 14.4 Å². The van der Waals surface area contributed by atoms with Crippen LogP contribution in [0.15, 0.2) is 0 Å². The van der Waals surface area contributed by atoms with E-state index in [1.807, 2.05) is 0 Å². The van der Waals surface area contributed by atoms with Crippen molar-refractivity contribution in [2.75, 3.05) is 14.1 Å². The summed E-state index contributed by atoms with van der Waals surface area (Å²) in [6.07, 6.45) is -0.739. The molecule has 0 aliphatic carbocycles. The Balaban J connectivity index is 4.05. The molecule has 0 saturated heterocycles. The van der Waals surface area contributed by atoms with Crippen molar-refractivity contribution in [2.24, 2.45) is 0 Å². The van der Waals surface area contributed by atoms with Crippen LogP contribution < -0.4 is 0 Å². The molecular formula is C6H9NO4. The number of aliphatic carboxylic acids is 1. The third kappa shape index (κ3) is 3.34. The van der Waals surface area contributed by atoms with Crippen LogP contribution >= 0.6 is 0 Å². The average molecular weight is 159 g/mol. The fourth-order valence-electron chi connectivity index (χ4n) is 0.462. The van der Waals surface area contributed by atoms with Gasteiger partial charge in [0.15, 0.2) is 0 Å². The number of amides is 1. The van der Waals surface area contributed by atoms with E-state index in [2.05, 4.69) is 0 Å². The van der Waals surface area contributed by atoms with Gasteiger partial charge in [-0.1, -0.05) is 0 Å². The maximum atomic E-state index is 10.7. The lowest BCUT2D eigenvalue weighted by atomic mass is 10.2. The number of carboxylic acid groups (broad SMARTS) is 1. The molecule has 11 heavy (non-hydrogen) atoms. The number of carbonyl (C=O) groups excluding carboxylic acids is 2. The molecule has 0 radical (unpaired) electrons. The van der Waals surface area contributed by atoms with Gasteiger partial charge in [0.05, 0.1) is 0 Å². The molecule has 0 heterocycles. The molecule has 62 valence electrons. The monoisotopic (exact) mass is 159 g/mol. The summed E-state index contributed by atoms with van der Waals surface area (Å²) in [5, 5.41) is 8.12. The van der Waals surface area contributed by atoms with Gasteiger partial charge in [0, 0.05) is 14.1 Å². The second-order valence-corrected chi connectivity index (χ2v) is 2.19. The zero-order valence-corrected chi connectivity index (χ0v) is 6.33. The summed E-state index contributed by atoms with van der Waals surface area (Å²) in [6, 6.07) is 0. The van der Waals surface area contributed by atoms with E-state index in [9.17, 15) is 14.4 Å². The van der Waals surface area contributed by atoms with Crippen molar-refractivity contribution in [2.45, 2.75) is 6.42 Å². The minimum absolute atomic E-state index is 0.739. The first-order valence-electron chi connectivity index (χ1n) is 2.91. The third-order valence-electron chi connectivity index (χ3n) is 0.956. The molecule has 0 fully saturated rings. The highest BCUT2D eigenvalue weighted by Gasteiger charge is 2.18. The van der Waals surface area contributed by atoms with Crippen molar-refractivity contribution in [3.63, 3.8) is 0 Å². The highest BCUT2D eigenvalue weighted by Crippen LogP contribution is 1.87. The van der Waals surface area contributed by atoms with Crippen LogP contribution in [0.2, 0.25) is 0 Å². The molecular weight excluding hydrogens is 150 g/mol. The quantitative estimate of drug-likeness (QED) is 0.428. The molecule has 5 heteroatoms. The number of nitrogens with zero attached hydrogens (tertiary/aromatic N) is 1. The van der Waals surface area contributed by atoms with E-state index in [1.54, 1.807) is 0 Å². The molecule has 0 aliphatic rings. The lowest BCUT2D eigenvalue weighted by Gasteiger charge is -2.06. The first-order chi connectivity index (χ1) is 4.95. The zero-order chi connectivity index (χ0) is 9.02. The molecule has 0 spiro atoms. The van der Waals surface area contributed by atoms with Crippen LogP contribution in [0, 0.1) is 0 Å². The van der Waals surface area contributed by atoms with E-state index in [4.69, 9.17) is 5.11 Å². The average Bonchev–Trinajstić information content (AvgIpc) is 1.84. The van der Waals surface area contributed by atoms with Crippen LogP contribution in [-0.2, 0) is 14.4 Å². The first kappa shape index (κ1) is 9.61. The normalized spacial score (nSPS) is 8.91. The largest absolute Gasteiger partial charge is 0.481 e. The van der Waals surface area contributed by atoms with E-state index in [0.717, 1.165) is 4.90 Å². The van der Waals surface area contributed by atoms with Gasteiger partial charge in [0.2, 0.25) is 5.78 Å². The Morgan fingerprint density at radius 1 is 1.27 bits per heavy atom. The molecule has 0 saturated carbocycles. The number of carbonyl (C=O) groups is 3. The van der Waals surface area contributed by atoms with E-state index in [0.29, 0.717) is 0 Å². The molecule has 0 atom stereocenters. The van der Waals surface area contributed by atoms with Gasteiger partial charge < -0.3 is 10.0 Å². The Morgan fingerprint density at radius 2 is 1.73 bits per heavy atom. The minimum Gasteiger partial charge on any atom is -0.481 e. The van der Waals surface area contributed by atoms with Gasteiger partial charge in [-0.15, -0.1) is 0 Å². The van der Waals surface area contributed by atoms with Gasteiger partial charge in [0.1, 0.15) is 6.42 Å². The summed E-state index contributed by atoms with van der Waals surface area (Å²) >= 11 is 0. The SMILES string of the molecule is CN(C)C(=O)C(=O)CC(=O)O. The third-order valence-corrected chi connectivity index (χ3v) is 0.956. The standard InChI is InChI=1S/C6H9NO4/c1-7(2)6(11)4(8)3-5(9)10/h3H2,1-2H3,(H,9,10). The molecule has 0 unspecified atom stereocenters. The van der Waals surface area contributed by atoms with Gasteiger partial charge in [0.25, 0.3) is 5.91 Å². The van der Waals surface area contributed by atoms with Crippen molar-refractivity contribution >= 4 is 17.7 Å². The number of hydrogen-bond acceptors (Lipinski definition) is 3. The predicted molar refractivity (Wildman–Crippen MR) is 36.0 cm³/mol. The molecule has 0 bridgehead atoms. The molecule has 0 aromatic carbocycles. The lowest BCUT2D eigenvalue weighted by molar-refractivity contribution is -0.148. The topological polar surface area (TPSA) is 74.7 Å². The van der Waals surface area contributed by atoms with E-state index >= 15 is 0 Å². The minimum atomic E-state index is -1.29. The summed E-state index contributed by atoms with van der Waals surface area (Å²) < 4.78 is 0. The molecule has 5 nitrogen and oxygen atoms in total. The molecule has 0 aromatic heterocycles. The highest BCUT2D eigenvalue weighted by atomic mass is 16.4. The lowest BCUT2D eigenvalue weighted by Crippen LogP contribution is -2.31. The van der Waals surface area contributed by atoms with Crippen LogP contribution in [0.3, 0.4) is 0 Å². The van der Waals surface area contributed by atoms with Crippen LogP contribution in [0.4, 0.5) is 0 Å². The zero-order valence-electron chi connectivity index (χ0n) is 6.33. The van der Waals surface area contributed by atoms with Crippen molar-refractivity contribution < 1.29 is 19.5 Å². The summed E-state index contributed by atoms with van der Waals surface area (Å²) in [7, 11) is 2.78. The van der Waals surface area contributed by atoms with E-state index in [1.165, 1.54) is 14.1 Å². The van der Waals surface area contributed by atoms with Gasteiger partial charge in [-0.05, 0) is 0 Å². The van der Waals surface area contributed by atoms with Crippen molar-refractivity contribution in [1.82, 2.24) is 4.90 Å². The van der Waals surface area contributed by atoms with Crippen molar-refractivity contribution in [3.05, 3.63) is 0 Å². The van der Waals surface area contributed by atoms with E-state index < -0.39 is 24.1 Å². The second kappa shape index (κ2) is 3.70. The Labute approximate surface area is 63.6 Å². The number of likely N-dealkylation sites (N-methyl/N-ethyl adjacent to an activating group) is 1. The summed E-state index contributed by atoms with van der Waals surface area (Å²) in [6.45, 7) is 0. The van der Waals surface area contributed by atoms with Crippen LogP contribution in [-0.4, -0.2) is 41.8 Å². The number of ketones is 1. The highest BCUT2D eigenvalue weighted by molar-refractivity contribution is 6.38. The molecule has 0 rings (SSSR count). The van der Waals surface area contributed by atoms with Crippen molar-refractivity contribution in [3.8, 4) is 0 Å². The van der Waals surface area contributed by atoms with Crippen molar-refractivity contribution in [1.29, 1.82) is 0 Å². The molecule has 0 aliphatic heterocycles. The van der Waals surface area contributed by atoms with Crippen LogP contribution in [0.1, 0.15) is 6.42 Å². The second-order valence-electron chi connectivity index (χ2n) is 2.19. The number of Topliss-reactive ketones (excluding diaryl/α,β-unsaturated/α-hetero) is 1. The fourth-order valence-corrected chi connectivity index (χ4v) is 0.462. The summed E-state index contributed by atoms with van der Waals surface area (Å²) in [4.78, 5) is 32.3. The van der Waals surface area contributed by atoms with Crippen LogP contribution in [0.25, 0.3) is 0 Å². The van der Waals surface area contributed by atoms with Crippen LogP contribution in [0.5, 0.6) is 0 Å². The maximum absolute atomic E-state index is 10.7. The smallest absolute Gasteiger partial charge is 0.311 e. The number of rotatable bonds is 3. The fraction of sp³-hybridized carbons (Fsp3) is 0.500. The Bertz CT molecular complexity index is 197. The molecule has 1 amide bonds. The summed E-state index contributed by atoms with van der Waals surface area (Å²) in [5.41, 5.74) is 0. The van der Waals surface area contributed by atoms with Gasteiger partial charge in [-0.2, -0.15) is 0 Å². The number of hydrogen-bond donors (Lipinski definition) is 1.